The minimum Gasteiger partial charge on any atom is -0.314 e. The van der Waals surface area contributed by atoms with Crippen LogP contribution in [0.1, 0.15) is 5.56 Å². The molecule has 0 unspecified atom stereocenters. The quantitative estimate of drug-likeness (QED) is 0.839. The first kappa shape index (κ1) is 11.0. The van der Waals surface area contributed by atoms with Crippen molar-refractivity contribution in [1.82, 2.24) is 5.32 Å². The highest BCUT2D eigenvalue weighted by Gasteiger charge is 2.30. The van der Waals surface area contributed by atoms with E-state index in [0.717, 1.165) is 10.8 Å². The molecule has 0 radical (unpaired) electrons. The van der Waals surface area contributed by atoms with Gasteiger partial charge in [-0.25, -0.2) is 0 Å². The van der Waals surface area contributed by atoms with Crippen molar-refractivity contribution in [3.05, 3.63) is 48.0 Å². The summed E-state index contributed by atoms with van der Waals surface area (Å²) in [6, 6.07) is 12.3. The number of hydrogen-bond donors (Lipinski definition) is 1. The van der Waals surface area contributed by atoms with E-state index in [1.165, 1.54) is 13.1 Å². The summed E-state index contributed by atoms with van der Waals surface area (Å²) in [6.45, 7) is -0.342. The second-order valence-electron chi connectivity index (χ2n) is 3.80. The monoisotopic (exact) mass is 221 g/mol. The van der Waals surface area contributed by atoms with E-state index in [4.69, 9.17) is 0 Å². The van der Waals surface area contributed by atoms with Gasteiger partial charge in [0.25, 0.3) is 5.92 Å². The fraction of sp³-hybridized carbons (Fsp3) is 0.231. The first-order chi connectivity index (χ1) is 7.63. The molecule has 0 aliphatic carbocycles. The summed E-state index contributed by atoms with van der Waals surface area (Å²) in [6.07, 6.45) is 0. The number of hydrogen-bond acceptors (Lipinski definition) is 1. The lowest BCUT2D eigenvalue weighted by atomic mass is 10.0. The van der Waals surface area contributed by atoms with Gasteiger partial charge in [0.05, 0.1) is 6.54 Å². The Morgan fingerprint density at radius 2 is 1.75 bits per heavy atom. The van der Waals surface area contributed by atoms with Crippen molar-refractivity contribution in [3.8, 4) is 0 Å². The van der Waals surface area contributed by atoms with Gasteiger partial charge in [-0.05, 0) is 23.9 Å². The number of likely N-dealkylation sites (N-methyl/N-ethyl adjacent to an activating group) is 1. The van der Waals surface area contributed by atoms with E-state index >= 15 is 0 Å². The van der Waals surface area contributed by atoms with E-state index in [9.17, 15) is 8.78 Å². The van der Waals surface area contributed by atoms with Crippen molar-refractivity contribution >= 4 is 10.8 Å². The van der Waals surface area contributed by atoms with Gasteiger partial charge in [-0.2, -0.15) is 8.78 Å². The molecule has 1 nitrogen and oxygen atoms in total. The zero-order valence-corrected chi connectivity index (χ0v) is 9.00. The molecule has 2 rings (SSSR count). The van der Waals surface area contributed by atoms with Crippen LogP contribution in [-0.4, -0.2) is 13.6 Å². The molecule has 0 aliphatic rings. The molecule has 0 saturated heterocycles. The topological polar surface area (TPSA) is 12.0 Å². The molecule has 0 spiro atoms. The average molecular weight is 221 g/mol. The van der Waals surface area contributed by atoms with E-state index in [2.05, 4.69) is 5.32 Å². The highest BCUT2D eigenvalue weighted by atomic mass is 19.3. The van der Waals surface area contributed by atoms with Crippen LogP contribution in [0, 0.1) is 0 Å². The van der Waals surface area contributed by atoms with Gasteiger partial charge in [-0.15, -0.1) is 0 Å². The highest BCUT2D eigenvalue weighted by molar-refractivity contribution is 5.83. The highest BCUT2D eigenvalue weighted by Crippen LogP contribution is 2.29. The Balaban J connectivity index is 2.46. The molecule has 84 valence electrons. The van der Waals surface area contributed by atoms with Gasteiger partial charge in [0.2, 0.25) is 0 Å². The van der Waals surface area contributed by atoms with Crippen LogP contribution in [0.2, 0.25) is 0 Å². The van der Waals surface area contributed by atoms with Crippen LogP contribution < -0.4 is 5.32 Å². The van der Waals surface area contributed by atoms with Crippen molar-refractivity contribution in [2.45, 2.75) is 5.92 Å². The van der Waals surface area contributed by atoms with Crippen molar-refractivity contribution < 1.29 is 8.78 Å². The van der Waals surface area contributed by atoms with E-state index in [1.807, 2.05) is 24.3 Å². The Hall–Kier alpha value is -1.48. The van der Waals surface area contributed by atoms with E-state index < -0.39 is 5.92 Å². The molecular weight excluding hydrogens is 208 g/mol. The van der Waals surface area contributed by atoms with Gasteiger partial charge in [0.15, 0.2) is 0 Å². The van der Waals surface area contributed by atoms with Crippen molar-refractivity contribution in [3.63, 3.8) is 0 Å². The zero-order valence-electron chi connectivity index (χ0n) is 9.00. The zero-order chi connectivity index (χ0) is 11.6. The van der Waals surface area contributed by atoms with Crippen LogP contribution in [0.25, 0.3) is 10.8 Å². The van der Waals surface area contributed by atoms with Crippen molar-refractivity contribution in [1.29, 1.82) is 0 Å². The number of alkyl halides is 2. The molecule has 0 aromatic heterocycles. The third-order valence-corrected chi connectivity index (χ3v) is 2.57. The van der Waals surface area contributed by atoms with Gasteiger partial charge in [-0.3, -0.25) is 0 Å². The molecular formula is C13H13F2N. The second kappa shape index (κ2) is 4.18. The maximum atomic E-state index is 13.6. The van der Waals surface area contributed by atoms with Crippen LogP contribution in [0.5, 0.6) is 0 Å². The third kappa shape index (κ3) is 2.04. The fourth-order valence-corrected chi connectivity index (χ4v) is 1.74. The minimum atomic E-state index is -2.82. The Morgan fingerprint density at radius 3 is 2.44 bits per heavy atom. The van der Waals surface area contributed by atoms with Crippen LogP contribution in [0.15, 0.2) is 42.5 Å². The summed E-state index contributed by atoms with van der Waals surface area (Å²) in [5, 5.41) is 4.33. The van der Waals surface area contributed by atoms with Crippen LogP contribution in [0.3, 0.4) is 0 Å². The molecule has 0 amide bonds. The van der Waals surface area contributed by atoms with Crippen LogP contribution >= 0.6 is 0 Å². The standard InChI is InChI=1S/C13H13F2N/c1-16-9-13(14,15)12-7-6-10-4-2-3-5-11(10)8-12/h2-8,16H,9H2,1H3. The Labute approximate surface area is 93.1 Å². The first-order valence-corrected chi connectivity index (χ1v) is 5.15. The van der Waals surface area contributed by atoms with Gasteiger partial charge in [-0.1, -0.05) is 36.4 Å². The lowest BCUT2D eigenvalue weighted by Gasteiger charge is -2.16. The molecule has 0 fully saturated rings. The maximum Gasteiger partial charge on any atom is 0.285 e. The predicted molar refractivity (Wildman–Crippen MR) is 61.8 cm³/mol. The summed E-state index contributed by atoms with van der Waals surface area (Å²) in [4.78, 5) is 0. The molecule has 0 saturated carbocycles. The maximum absolute atomic E-state index is 13.6. The summed E-state index contributed by atoms with van der Waals surface area (Å²) in [5.41, 5.74) is 0.0561. The fourth-order valence-electron chi connectivity index (χ4n) is 1.74. The lowest BCUT2D eigenvalue weighted by molar-refractivity contribution is -0.00112. The summed E-state index contributed by atoms with van der Waals surface area (Å²) in [7, 11) is 1.52. The SMILES string of the molecule is CNCC(F)(F)c1ccc2ccccc2c1. The predicted octanol–water partition coefficient (Wildman–Crippen LogP) is 3.15. The van der Waals surface area contributed by atoms with Crippen LogP contribution in [-0.2, 0) is 5.92 Å². The molecule has 0 atom stereocenters. The normalized spacial score (nSPS) is 11.9. The van der Waals surface area contributed by atoms with Gasteiger partial charge < -0.3 is 5.32 Å². The Morgan fingerprint density at radius 1 is 1.06 bits per heavy atom. The number of nitrogens with one attached hydrogen (secondary N) is 1. The Bertz CT molecular complexity index is 494. The molecule has 16 heavy (non-hydrogen) atoms. The largest absolute Gasteiger partial charge is 0.314 e. The lowest BCUT2D eigenvalue weighted by Crippen LogP contribution is -2.27. The van der Waals surface area contributed by atoms with Gasteiger partial charge >= 0.3 is 0 Å². The summed E-state index contributed by atoms with van der Waals surface area (Å²) in [5.74, 6) is -2.82. The third-order valence-electron chi connectivity index (χ3n) is 2.57. The van der Waals surface area contributed by atoms with Crippen LogP contribution in [0.4, 0.5) is 8.78 Å². The Kier molecular flexibility index (Phi) is 2.88. The minimum absolute atomic E-state index is 0.0561. The number of halogens is 2. The first-order valence-electron chi connectivity index (χ1n) is 5.15. The van der Waals surface area contributed by atoms with Crippen molar-refractivity contribution in [2.75, 3.05) is 13.6 Å². The molecule has 2 aromatic carbocycles. The molecule has 0 heterocycles. The second-order valence-corrected chi connectivity index (χ2v) is 3.80. The molecule has 3 heteroatoms. The number of rotatable bonds is 3. The molecule has 1 N–H and O–H groups in total. The smallest absolute Gasteiger partial charge is 0.285 e. The van der Waals surface area contributed by atoms with Crippen molar-refractivity contribution in [2.24, 2.45) is 0 Å². The molecule has 0 bridgehead atoms. The summed E-state index contributed by atoms with van der Waals surface area (Å²) < 4.78 is 27.2. The van der Waals surface area contributed by atoms with E-state index in [0.29, 0.717) is 0 Å². The molecule has 2 aromatic rings. The molecule has 0 aliphatic heterocycles. The number of fused-ring (bicyclic) bond motifs is 1. The average Bonchev–Trinajstić information content (AvgIpc) is 2.28. The number of benzene rings is 2. The van der Waals surface area contributed by atoms with Gasteiger partial charge in [0.1, 0.15) is 0 Å². The van der Waals surface area contributed by atoms with Gasteiger partial charge in [0, 0.05) is 5.56 Å². The summed E-state index contributed by atoms with van der Waals surface area (Å²) >= 11 is 0. The van der Waals surface area contributed by atoms with E-state index in [-0.39, 0.29) is 12.1 Å². The van der Waals surface area contributed by atoms with E-state index in [1.54, 1.807) is 12.1 Å².